The number of piperazine rings is 1. The number of aromatic nitrogens is 2. The van der Waals surface area contributed by atoms with Crippen LogP contribution in [0.2, 0.25) is 0 Å². The number of hydrogen-bond acceptors (Lipinski definition) is 3. The molecule has 1 aliphatic heterocycles. The second-order valence-electron chi connectivity index (χ2n) is 7.33. The fraction of sp³-hybridized carbons (Fsp3) is 0.750. The summed E-state index contributed by atoms with van der Waals surface area (Å²) in [5, 5.41) is 4.38. The molecule has 0 bridgehead atoms. The molecule has 2 rings (SSSR count). The second kappa shape index (κ2) is 6.38. The molecule has 1 fully saturated rings. The van der Waals surface area contributed by atoms with E-state index < -0.39 is 12.2 Å². The highest BCUT2D eigenvalue weighted by Crippen LogP contribution is 2.26. The third kappa shape index (κ3) is 3.91. The normalized spacial score (nSPS) is 18.8. The molecule has 1 saturated heterocycles. The van der Waals surface area contributed by atoms with Crippen LogP contribution >= 0.6 is 0 Å². The van der Waals surface area contributed by atoms with Crippen molar-refractivity contribution >= 4 is 5.91 Å². The topological polar surface area (TPSA) is 41.4 Å². The molecule has 24 heavy (non-hydrogen) atoms. The van der Waals surface area contributed by atoms with E-state index >= 15 is 0 Å². The lowest BCUT2D eigenvalue weighted by Crippen LogP contribution is -2.54. The summed E-state index contributed by atoms with van der Waals surface area (Å²) < 4.78 is 39.9. The van der Waals surface area contributed by atoms with Crippen molar-refractivity contribution in [3.63, 3.8) is 0 Å². The van der Waals surface area contributed by atoms with Crippen LogP contribution in [0, 0.1) is 0 Å². The van der Waals surface area contributed by atoms with E-state index in [1.807, 2.05) is 20.8 Å². The number of nitrogens with zero attached hydrogens (tertiary/aromatic N) is 4. The van der Waals surface area contributed by atoms with Crippen molar-refractivity contribution in [2.75, 3.05) is 26.2 Å². The van der Waals surface area contributed by atoms with Gasteiger partial charge in [0.15, 0.2) is 0 Å². The van der Waals surface area contributed by atoms with E-state index in [2.05, 4.69) is 5.10 Å². The highest BCUT2D eigenvalue weighted by Gasteiger charge is 2.41. The summed E-state index contributed by atoms with van der Waals surface area (Å²) in [7, 11) is 1.71. The molecule has 8 heteroatoms. The molecule has 0 N–H and O–H groups in total. The Labute approximate surface area is 140 Å². The number of hydrogen-bond donors (Lipinski definition) is 0. The van der Waals surface area contributed by atoms with Crippen molar-refractivity contribution in [3.05, 3.63) is 17.5 Å². The molecule has 1 amide bonds. The van der Waals surface area contributed by atoms with Crippen LogP contribution in [-0.4, -0.2) is 63.9 Å². The first-order chi connectivity index (χ1) is 10.9. The zero-order valence-electron chi connectivity index (χ0n) is 14.8. The zero-order chi connectivity index (χ0) is 18.3. The summed E-state index contributed by atoms with van der Waals surface area (Å²) in [5.41, 5.74) is 1.12. The van der Waals surface area contributed by atoms with E-state index in [4.69, 9.17) is 0 Å². The number of carbonyl (C=O) groups is 1. The summed E-state index contributed by atoms with van der Waals surface area (Å²) in [6.07, 6.45) is -4.24. The summed E-state index contributed by atoms with van der Waals surface area (Å²) in [6.45, 7) is 8.22. The van der Waals surface area contributed by atoms with Crippen molar-refractivity contribution in [3.8, 4) is 0 Å². The minimum absolute atomic E-state index is 0.170. The molecule has 0 unspecified atom stereocenters. The Balaban J connectivity index is 2.05. The van der Waals surface area contributed by atoms with Crippen LogP contribution in [0.25, 0.3) is 0 Å². The molecule has 2 heterocycles. The zero-order valence-corrected chi connectivity index (χ0v) is 14.8. The first-order valence-corrected chi connectivity index (χ1v) is 8.06. The van der Waals surface area contributed by atoms with E-state index in [1.54, 1.807) is 22.7 Å². The molecule has 0 saturated carbocycles. The molecule has 1 aromatic rings. The molecule has 1 aromatic heterocycles. The van der Waals surface area contributed by atoms with Crippen molar-refractivity contribution < 1.29 is 18.0 Å². The quantitative estimate of drug-likeness (QED) is 0.826. The van der Waals surface area contributed by atoms with Crippen LogP contribution in [0.4, 0.5) is 13.2 Å². The van der Waals surface area contributed by atoms with Crippen LogP contribution in [0.5, 0.6) is 0 Å². The minimum atomic E-state index is -4.24. The Morgan fingerprint density at radius 1 is 1.17 bits per heavy atom. The second-order valence-corrected chi connectivity index (χ2v) is 7.33. The van der Waals surface area contributed by atoms with Gasteiger partial charge in [0.1, 0.15) is 11.7 Å². The van der Waals surface area contributed by atoms with Crippen LogP contribution < -0.4 is 0 Å². The number of rotatable bonds is 2. The molecule has 1 aliphatic rings. The van der Waals surface area contributed by atoms with Gasteiger partial charge in [-0.25, -0.2) is 0 Å². The van der Waals surface area contributed by atoms with Crippen LogP contribution in [0.3, 0.4) is 0 Å². The van der Waals surface area contributed by atoms with Crippen molar-refractivity contribution in [2.45, 2.75) is 45.3 Å². The Morgan fingerprint density at radius 2 is 1.71 bits per heavy atom. The van der Waals surface area contributed by atoms with Crippen LogP contribution in [0.15, 0.2) is 6.07 Å². The third-order valence-corrected chi connectivity index (χ3v) is 4.49. The van der Waals surface area contributed by atoms with Gasteiger partial charge in [-0.2, -0.15) is 18.3 Å². The summed E-state index contributed by atoms with van der Waals surface area (Å²) in [6, 6.07) is 0.284. The average molecular weight is 346 g/mol. The Bertz CT molecular complexity index is 595. The van der Waals surface area contributed by atoms with Gasteiger partial charge in [0.2, 0.25) is 0 Å². The molecule has 5 nitrogen and oxygen atoms in total. The molecular formula is C16H25F3N4O. The monoisotopic (exact) mass is 346 g/mol. The van der Waals surface area contributed by atoms with Gasteiger partial charge in [0.25, 0.3) is 5.91 Å². The van der Waals surface area contributed by atoms with Gasteiger partial charge in [-0.05, 0) is 13.0 Å². The number of carbonyl (C=O) groups excluding carboxylic acids is 1. The SMILES string of the molecule is C[C@@H](N1CCN(C(=O)c2cc(C(C)(C)C)nn2C)CC1)C(F)(F)F. The molecule has 1 atom stereocenters. The Morgan fingerprint density at radius 3 is 2.12 bits per heavy atom. The molecule has 0 spiro atoms. The molecule has 0 radical (unpaired) electrons. The van der Waals surface area contributed by atoms with Crippen molar-refractivity contribution in [1.29, 1.82) is 0 Å². The largest absolute Gasteiger partial charge is 0.403 e. The third-order valence-electron chi connectivity index (χ3n) is 4.49. The fourth-order valence-corrected chi connectivity index (χ4v) is 2.72. The smallest absolute Gasteiger partial charge is 0.335 e. The molecular weight excluding hydrogens is 321 g/mol. The highest BCUT2D eigenvalue weighted by atomic mass is 19.4. The lowest BCUT2D eigenvalue weighted by molar-refractivity contribution is -0.181. The summed E-state index contributed by atoms with van der Waals surface area (Å²) in [5.74, 6) is -0.181. The van der Waals surface area contributed by atoms with E-state index in [9.17, 15) is 18.0 Å². The first-order valence-electron chi connectivity index (χ1n) is 8.06. The lowest BCUT2D eigenvalue weighted by atomic mass is 9.92. The van der Waals surface area contributed by atoms with Crippen LogP contribution in [-0.2, 0) is 12.5 Å². The average Bonchev–Trinajstić information content (AvgIpc) is 2.87. The summed E-state index contributed by atoms with van der Waals surface area (Å²) in [4.78, 5) is 15.6. The van der Waals surface area contributed by atoms with Gasteiger partial charge in [-0.1, -0.05) is 20.8 Å². The standard InChI is InChI=1S/C16H25F3N4O/c1-11(16(17,18)19)22-6-8-23(9-7-22)14(24)12-10-13(15(2,3)4)20-21(12)5/h10-11H,6-9H2,1-5H3/t11-/m1/s1. The maximum absolute atomic E-state index is 12.8. The molecule has 0 aromatic carbocycles. The van der Waals surface area contributed by atoms with Gasteiger partial charge in [0.05, 0.1) is 5.69 Å². The van der Waals surface area contributed by atoms with Gasteiger partial charge < -0.3 is 4.90 Å². The predicted octanol–water partition coefficient (Wildman–Crippen LogP) is 2.43. The predicted molar refractivity (Wildman–Crippen MR) is 84.9 cm³/mol. The number of alkyl halides is 3. The van der Waals surface area contributed by atoms with E-state index in [0.717, 1.165) is 12.6 Å². The Hall–Kier alpha value is -1.57. The number of aryl methyl sites for hydroxylation is 1. The first kappa shape index (κ1) is 18.8. The maximum Gasteiger partial charge on any atom is 0.403 e. The van der Waals surface area contributed by atoms with Crippen LogP contribution in [0.1, 0.15) is 43.9 Å². The van der Waals surface area contributed by atoms with Crippen molar-refractivity contribution in [2.24, 2.45) is 7.05 Å². The number of halogens is 3. The molecule has 136 valence electrons. The van der Waals surface area contributed by atoms with Gasteiger partial charge >= 0.3 is 6.18 Å². The van der Waals surface area contributed by atoms with E-state index in [0.29, 0.717) is 5.69 Å². The summed E-state index contributed by atoms with van der Waals surface area (Å²) >= 11 is 0. The highest BCUT2D eigenvalue weighted by molar-refractivity contribution is 5.92. The molecule has 0 aliphatic carbocycles. The number of amides is 1. The van der Waals surface area contributed by atoms with Crippen molar-refractivity contribution in [1.82, 2.24) is 19.6 Å². The maximum atomic E-state index is 12.8. The Kier molecular flexibility index (Phi) is 4.99. The minimum Gasteiger partial charge on any atom is -0.335 e. The van der Waals surface area contributed by atoms with Gasteiger partial charge in [-0.3, -0.25) is 14.4 Å². The van der Waals surface area contributed by atoms with E-state index in [1.165, 1.54) is 4.90 Å². The van der Waals surface area contributed by atoms with Gasteiger partial charge in [-0.15, -0.1) is 0 Å². The van der Waals surface area contributed by atoms with E-state index in [-0.39, 0.29) is 37.5 Å². The van der Waals surface area contributed by atoms with Gasteiger partial charge in [0, 0.05) is 38.6 Å². The fourth-order valence-electron chi connectivity index (χ4n) is 2.72. The lowest BCUT2D eigenvalue weighted by Gasteiger charge is -2.38.